The molecule has 4 aliphatic heterocycles. The van der Waals surface area contributed by atoms with E-state index in [-0.39, 0.29) is 89.6 Å². The second-order valence-electron chi connectivity index (χ2n) is 26.9. The van der Waals surface area contributed by atoms with Gasteiger partial charge in [0.2, 0.25) is 0 Å². The third kappa shape index (κ3) is 13.8. The highest BCUT2D eigenvalue weighted by Crippen LogP contribution is 2.49. The van der Waals surface area contributed by atoms with Gasteiger partial charge in [-0.2, -0.15) is 0 Å². The number of amides is 8. The minimum atomic E-state index is -0.773. The van der Waals surface area contributed by atoms with E-state index in [1.807, 2.05) is 48.5 Å². The van der Waals surface area contributed by atoms with E-state index >= 15 is 0 Å². The number of carbonyl (C=O) groups is 8. The number of nitrogens with zero attached hydrogens (tertiary/aromatic N) is 4. The molecule has 0 N–H and O–H groups in total. The van der Waals surface area contributed by atoms with Gasteiger partial charge in [-0.3, -0.25) is 58.0 Å². The van der Waals surface area contributed by atoms with Crippen molar-refractivity contribution in [2.75, 3.05) is 174 Å². The quantitative estimate of drug-likeness (QED) is 0.0149. The second-order valence-corrected chi connectivity index (χ2v) is 26.9. The van der Waals surface area contributed by atoms with E-state index < -0.39 is 35.7 Å². The van der Waals surface area contributed by atoms with Crippen molar-refractivity contribution in [3.63, 3.8) is 0 Å². The molecule has 0 bridgehead atoms. The van der Waals surface area contributed by atoms with Crippen molar-refractivity contribution >= 4 is 133 Å². The number of carbonyl (C=O) groups excluding carboxylic acids is 8. The average molecular weight is 1450 g/mol. The smallest absolute Gasteiger partial charge is 0.261 e. The second kappa shape index (κ2) is 33.3. The maximum Gasteiger partial charge on any atom is 0.261 e. The number of ether oxygens (including phenoxy) is 12. The first kappa shape index (κ1) is 73.8. The van der Waals surface area contributed by atoms with E-state index in [1.165, 1.54) is 19.6 Å². The number of rotatable bonds is 43. The molecule has 24 nitrogen and oxygen atoms in total. The van der Waals surface area contributed by atoms with Gasteiger partial charge in [-0.25, -0.2) is 0 Å². The first-order chi connectivity index (χ1) is 51.9. The summed E-state index contributed by atoms with van der Waals surface area (Å²) in [5.74, 6) is -3.39. The van der Waals surface area contributed by atoms with E-state index in [0.717, 1.165) is 90.3 Å². The van der Waals surface area contributed by atoms with Crippen LogP contribution in [0, 0.1) is 0 Å². The molecule has 0 unspecified atom stereocenters. The van der Waals surface area contributed by atoms with E-state index in [9.17, 15) is 38.4 Å². The molecule has 0 aromatic heterocycles. The summed E-state index contributed by atoms with van der Waals surface area (Å²) < 4.78 is 66.5. The Balaban J connectivity index is 0.608. The van der Waals surface area contributed by atoms with Gasteiger partial charge < -0.3 is 56.8 Å². The molecule has 0 fully saturated rings. The highest BCUT2D eigenvalue weighted by Gasteiger charge is 2.43. The Kier molecular flexibility index (Phi) is 23.2. The van der Waals surface area contributed by atoms with Crippen molar-refractivity contribution < 1.29 is 95.2 Å². The summed E-state index contributed by atoms with van der Waals surface area (Å²) in [5.41, 5.74) is 3.14. The summed E-state index contributed by atoms with van der Waals surface area (Å²) in [7, 11) is 6.37. The molecule has 0 spiro atoms. The largest absolute Gasteiger partial charge is 0.382 e. The van der Waals surface area contributed by atoms with Crippen LogP contribution in [0.4, 0.5) is 0 Å². The lowest BCUT2D eigenvalue weighted by molar-refractivity contribution is -0.0222. The maximum absolute atomic E-state index is 14.7. The summed E-state index contributed by atoms with van der Waals surface area (Å²) in [6.07, 6.45) is 4.23. The molecule has 14 rings (SSSR count). The number of imide groups is 4. The Bertz CT molecular complexity index is 4430. The van der Waals surface area contributed by atoms with Gasteiger partial charge in [0.05, 0.1) is 144 Å². The molecular weight excluding hydrogens is 1360 g/mol. The number of fused-ring (bicyclic) bond motifs is 4. The summed E-state index contributed by atoms with van der Waals surface area (Å²) in [4.78, 5) is 122. The minimum absolute atomic E-state index is 0.00990. The lowest BCUT2D eigenvalue weighted by Gasteiger charge is -2.34. The van der Waals surface area contributed by atoms with Crippen molar-refractivity contribution in [3.05, 3.63) is 142 Å². The number of hydrogen-bond acceptors (Lipinski definition) is 20. The molecule has 24 heteroatoms. The zero-order valence-electron chi connectivity index (χ0n) is 60.1. The van der Waals surface area contributed by atoms with Gasteiger partial charge in [-0.1, -0.05) is 74.2 Å². The van der Waals surface area contributed by atoms with Crippen LogP contribution in [0.5, 0.6) is 0 Å². The van der Waals surface area contributed by atoms with Gasteiger partial charge in [0.25, 0.3) is 47.3 Å². The minimum Gasteiger partial charge on any atom is -0.382 e. The first-order valence-corrected chi connectivity index (χ1v) is 36.4. The number of benzene rings is 10. The van der Waals surface area contributed by atoms with Crippen LogP contribution in [-0.2, 0) is 56.8 Å². The first-order valence-electron chi connectivity index (χ1n) is 36.4. The Hall–Kier alpha value is -9.12. The van der Waals surface area contributed by atoms with Crippen molar-refractivity contribution in [2.24, 2.45) is 0 Å². The van der Waals surface area contributed by atoms with Crippen LogP contribution in [0.15, 0.2) is 97.1 Å². The topological polar surface area (TPSA) is 260 Å². The summed E-state index contributed by atoms with van der Waals surface area (Å²) in [6.45, 7) is 5.89. The Morgan fingerprint density at radius 2 is 0.415 bits per heavy atom. The van der Waals surface area contributed by atoms with E-state index in [4.69, 9.17) is 56.8 Å². The van der Waals surface area contributed by atoms with Gasteiger partial charge in [0, 0.05) is 108 Å². The summed E-state index contributed by atoms with van der Waals surface area (Å²) in [5, 5.41) is 11.5. The molecule has 0 saturated carbocycles. The third-order valence-electron chi connectivity index (χ3n) is 20.7. The van der Waals surface area contributed by atoms with Gasteiger partial charge in [0.1, 0.15) is 0 Å². The summed E-state index contributed by atoms with van der Waals surface area (Å²) in [6, 6.07) is 27.7. The Labute approximate surface area is 611 Å². The fourth-order valence-electron chi connectivity index (χ4n) is 15.7. The summed E-state index contributed by atoms with van der Waals surface area (Å²) >= 11 is 0. The predicted octanol–water partition coefficient (Wildman–Crippen LogP) is 10.7. The molecule has 106 heavy (non-hydrogen) atoms. The van der Waals surface area contributed by atoms with Crippen LogP contribution in [0.2, 0.25) is 0 Å². The van der Waals surface area contributed by atoms with Gasteiger partial charge >= 0.3 is 0 Å². The normalized spacial score (nSPS) is 14.7. The third-order valence-corrected chi connectivity index (χ3v) is 20.7. The zero-order chi connectivity index (χ0) is 73.5. The van der Waals surface area contributed by atoms with Gasteiger partial charge in [0.15, 0.2) is 0 Å². The molecule has 554 valence electrons. The van der Waals surface area contributed by atoms with Gasteiger partial charge in [-0.15, -0.1) is 0 Å². The lowest BCUT2D eigenvalue weighted by Crippen LogP contribution is -2.51. The molecule has 4 aliphatic rings. The molecule has 0 saturated heterocycles. The Morgan fingerprint density at radius 3 is 0.632 bits per heavy atom. The predicted molar refractivity (Wildman–Crippen MR) is 396 cm³/mol. The number of hydrogen-bond donors (Lipinski definition) is 0. The van der Waals surface area contributed by atoms with Crippen LogP contribution in [0.25, 0.3) is 86.2 Å². The van der Waals surface area contributed by atoms with Crippen molar-refractivity contribution in [1.82, 2.24) is 19.6 Å². The molecule has 8 amide bonds. The molecule has 0 atom stereocenters. The molecule has 10 aromatic rings. The van der Waals surface area contributed by atoms with Crippen LogP contribution >= 0.6 is 0 Å². The molecule has 4 heterocycles. The fourth-order valence-corrected chi connectivity index (χ4v) is 15.7. The van der Waals surface area contributed by atoms with Crippen LogP contribution in [0.3, 0.4) is 0 Å². The monoisotopic (exact) mass is 1450 g/mol. The SMILES string of the molecule is COCCOCCOCC(COCCOCCOC)N1C(=O)c2ccc3c4ccc5c6c(ccc(c7ccc(c2c37)C1=O)c64)C(=O)N(CCCCCCCCN1C(=O)c2ccc3c4ccc6c7c(ccc(c8ccc(c2c38)C1=O)c74)C(=O)N(C(COCCOCCOC)COCCOCCOC)C6=O)C5=O. The number of unbranched alkanes of at least 4 members (excludes halogenated alkanes) is 5. The van der Waals surface area contributed by atoms with Crippen LogP contribution in [0.1, 0.15) is 121 Å². The van der Waals surface area contributed by atoms with Crippen molar-refractivity contribution in [1.29, 1.82) is 0 Å². The number of methoxy groups -OCH3 is 4. The molecule has 0 radical (unpaired) electrons. The molecule has 10 aromatic carbocycles. The fraction of sp³-hybridized carbons (Fsp3) is 0.415. The lowest BCUT2D eigenvalue weighted by atomic mass is 9.82. The highest BCUT2D eigenvalue weighted by molar-refractivity contribution is 6.43. The average Bonchev–Trinajstić information content (AvgIpc) is 0.696. The van der Waals surface area contributed by atoms with Crippen LogP contribution in [-0.4, -0.2) is 253 Å². The zero-order valence-corrected chi connectivity index (χ0v) is 60.1. The van der Waals surface area contributed by atoms with E-state index in [2.05, 4.69) is 0 Å². The van der Waals surface area contributed by atoms with Crippen molar-refractivity contribution in [3.8, 4) is 0 Å². The van der Waals surface area contributed by atoms with Gasteiger partial charge in [-0.05, 0) is 126 Å². The van der Waals surface area contributed by atoms with E-state index in [1.54, 1.807) is 77.0 Å². The molecule has 0 aliphatic carbocycles. The maximum atomic E-state index is 14.7. The highest BCUT2D eigenvalue weighted by atomic mass is 16.6. The molecular formula is C82H86N4O20. The van der Waals surface area contributed by atoms with Crippen molar-refractivity contribution in [2.45, 2.75) is 50.6 Å². The Morgan fingerprint density at radius 1 is 0.226 bits per heavy atom. The standard InChI is InChI=1S/C82H86N4O20/c1-95-29-33-99-37-41-103-45-49(46-104-42-38-100-34-30-96-2)85-79(91)63-23-15-55-51-11-19-59-71-60(20-12-52(67(51)71)56-16-24-64(80(85)92)73(63)69(55)56)76(88)83(75(59)87)27-9-7-5-6-8-10-28-84-77(89)61-21-13-53-57-17-25-65-74-66(26-18-58(70(57)74)54-14-22-62(78(84)90)72(61)68(53)54)82(94)86(81(65)93)50(47-105-43-39-101-35-31-97-3)48-106-44-40-102-36-32-98-4/h11-26,49-50H,5-10,27-48H2,1-4H3. The van der Waals surface area contributed by atoms with Crippen LogP contribution < -0.4 is 0 Å². The van der Waals surface area contributed by atoms with E-state index in [0.29, 0.717) is 158 Å².